The first kappa shape index (κ1) is 15.1. The molecule has 3 rings (SSSR count). The van der Waals surface area contributed by atoms with Gasteiger partial charge in [0, 0.05) is 22.2 Å². The number of aromatic nitrogens is 2. The zero-order chi connectivity index (χ0) is 15.9. The normalized spacial score (nSPS) is 20.3. The molecule has 116 valence electrons. The van der Waals surface area contributed by atoms with Crippen LogP contribution in [0, 0.1) is 6.92 Å². The third-order valence-corrected chi connectivity index (χ3v) is 4.17. The Kier molecular flexibility index (Phi) is 3.97. The lowest BCUT2D eigenvalue weighted by molar-refractivity contribution is -0.138. The molecule has 0 saturated carbocycles. The van der Waals surface area contributed by atoms with Crippen LogP contribution >= 0.6 is 23.2 Å². The maximum atomic E-state index is 11.4. The summed E-state index contributed by atoms with van der Waals surface area (Å²) in [4.78, 5) is 15.5. The summed E-state index contributed by atoms with van der Waals surface area (Å²) in [6, 6.07) is 2.62. The van der Waals surface area contributed by atoms with Crippen molar-refractivity contribution in [2.45, 2.75) is 31.7 Å². The molecule has 2 aromatic rings. The Hall–Kier alpha value is -1.79. The standard InChI is InChI=1S/C14H13Cl2N3O3/c1-6-17-12(22-19-6)3-7-2-11(14(20)21)18-10-5-8(15)4-9(16)13(7)10/h4-5,7,11,18H,2-3H2,1H3,(H,20,21)/t7-,11-/m1/s1. The Balaban J connectivity index is 1.99. The highest BCUT2D eigenvalue weighted by molar-refractivity contribution is 6.35. The number of aryl methyl sites for hydroxylation is 1. The summed E-state index contributed by atoms with van der Waals surface area (Å²) in [5.74, 6) is -0.0536. The van der Waals surface area contributed by atoms with Crippen LogP contribution in [0.2, 0.25) is 10.0 Å². The van der Waals surface area contributed by atoms with Crippen LogP contribution in [0.4, 0.5) is 5.69 Å². The Morgan fingerprint density at radius 1 is 1.50 bits per heavy atom. The van der Waals surface area contributed by atoms with Crippen LogP contribution in [0.15, 0.2) is 16.7 Å². The van der Waals surface area contributed by atoms with E-state index >= 15 is 0 Å². The molecule has 1 aliphatic rings. The Bertz CT molecular complexity index is 732. The number of carbonyl (C=O) groups is 1. The third-order valence-electron chi connectivity index (χ3n) is 3.64. The van der Waals surface area contributed by atoms with Gasteiger partial charge in [-0.25, -0.2) is 4.79 Å². The maximum Gasteiger partial charge on any atom is 0.326 e. The lowest BCUT2D eigenvalue weighted by Crippen LogP contribution is -2.35. The number of fused-ring (bicyclic) bond motifs is 1. The van der Waals surface area contributed by atoms with E-state index < -0.39 is 12.0 Å². The fourth-order valence-electron chi connectivity index (χ4n) is 2.75. The number of aliphatic carboxylic acids is 1. The van der Waals surface area contributed by atoms with Crippen LogP contribution < -0.4 is 5.32 Å². The van der Waals surface area contributed by atoms with Crippen LogP contribution in [0.5, 0.6) is 0 Å². The number of carboxylic acids is 1. The Morgan fingerprint density at radius 3 is 2.91 bits per heavy atom. The monoisotopic (exact) mass is 341 g/mol. The van der Waals surface area contributed by atoms with Gasteiger partial charge in [-0.1, -0.05) is 28.4 Å². The summed E-state index contributed by atoms with van der Waals surface area (Å²) in [7, 11) is 0. The van der Waals surface area contributed by atoms with Crippen LogP contribution in [0.3, 0.4) is 0 Å². The summed E-state index contributed by atoms with van der Waals surface area (Å²) in [6.45, 7) is 1.73. The molecule has 6 nitrogen and oxygen atoms in total. The van der Waals surface area contributed by atoms with Gasteiger partial charge in [-0.3, -0.25) is 0 Å². The zero-order valence-corrected chi connectivity index (χ0v) is 13.1. The second-order valence-corrected chi connectivity index (χ2v) is 6.10. The lowest BCUT2D eigenvalue weighted by atomic mass is 9.84. The van der Waals surface area contributed by atoms with E-state index in [1.807, 2.05) is 0 Å². The van der Waals surface area contributed by atoms with Crippen molar-refractivity contribution in [1.29, 1.82) is 0 Å². The maximum absolute atomic E-state index is 11.4. The minimum atomic E-state index is -0.923. The van der Waals surface area contributed by atoms with Gasteiger partial charge >= 0.3 is 5.97 Å². The molecule has 1 aliphatic heterocycles. The molecule has 0 saturated heterocycles. The van der Waals surface area contributed by atoms with Crippen LogP contribution in [-0.2, 0) is 11.2 Å². The van der Waals surface area contributed by atoms with E-state index in [9.17, 15) is 9.90 Å². The summed E-state index contributed by atoms with van der Waals surface area (Å²) in [5.41, 5.74) is 1.47. The van der Waals surface area contributed by atoms with Crippen molar-refractivity contribution < 1.29 is 14.4 Å². The lowest BCUT2D eigenvalue weighted by Gasteiger charge is -2.31. The number of nitrogens with one attached hydrogen (secondary N) is 1. The van der Waals surface area contributed by atoms with Crippen molar-refractivity contribution in [2.24, 2.45) is 0 Å². The average Bonchev–Trinajstić information content (AvgIpc) is 2.82. The number of hydrogen-bond acceptors (Lipinski definition) is 5. The van der Waals surface area contributed by atoms with E-state index in [2.05, 4.69) is 15.5 Å². The molecule has 2 N–H and O–H groups in total. The molecule has 1 aromatic heterocycles. The van der Waals surface area contributed by atoms with Crippen LogP contribution in [0.1, 0.15) is 29.6 Å². The number of rotatable bonds is 3. The van der Waals surface area contributed by atoms with Crippen molar-refractivity contribution in [2.75, 3.05) is 5.32 Å². The summed E-state index contributed by atoms with van der Waals surface area (Å²) in [5, 5.41) is 17.0. The molecule has 8 heteroatoms. The van der Waals surface area contributed by atoms with Crippen molar-refractivity contribution in [3.63, 3.8) is 0 Å². The Labute approximate surface area is 136 Å². The first-order valence-corrected chi connectivity index (χ1v) is 7.47. The Morgan fingerprint density at radius 2 is 2.27 bits per heavy atom. The van der Waals surface area contributed by atoms with Crippen molar-refractivity contribution in [3.8, 4) is 0 Å². The molecular formula is C14H13Cl2N3O3. The van der Waals surface area contributed by atoms with Crippen LogP contribution in [-0.4, -0.2) is 27.3 Å². The molecule has 0 aliphatic carbocycles. The van der Waals surface area contributed by atoms with E-state index in [4.69, 9.17) is 27.7 Å². The molecule has 0 fully saturated rings. The fraction of sp³-hybridized carbons (Fsp3) is 0.357. The van der Waals surface area contributed by atoms with Crippen molar-refractivity contribution in [3.05, 3.63) is 39.5 Å². The van der Waals surface area contributed by atoms with Gasteiger partial charge in [0.05, 0.1) is 0 Å². The smallest absolute Gasteiger partial charge is 0.326 e. The molecule has 22 heavy (non-hydrogen) atoms. The first-order valence-electron chi connectivity index (χ1n) is 6.71. The second-order valence-electron chi connectivity index (χ2n) is 5.26. The van der Waals surface area contributed by atoms with E-state index in [0.717, 1.165) is 5.56 Å². The molecular weight excluding hydrogens is 329 g/mol. The molecule has 1 aromatic carbocycles. The summed E-state index contributed by atoms with van der Waals surface area (Å²) < 4.78 is 5.14. The van der Waals surface area contributed by atoms with Gasteiger partial charge < -0.3 is 14.9 Å². The quantitative estimate of drug-likeness (QED) is 0.890. The van der Waals surface area contributed by atoms with E-state index in [1.54, 1.807) is 19.1 Å². The topological polar surface area (TPSA) is 88.2 Å². The van der Waals surface area contributed by atoms with E-state index in [-0.39, 0.29) is 5.92 Å². The number of halogens is 2. The minimum absolute atomic E-state index is 0.137. The average molecular weight is 342 g/mol. The van der Waals surface area contributed by atoms with Gasteiger partial charge in [-0.15, -0.1) is 0 Å². The molecule has 0 radical (unpaired) electrons. The van der Waals surface area contributed by atoms with E-state index in [0.29, 0.717) is 40.3 Å². The second kappa shape index (κ2) is 5.78. The fourth-order valence-corrected chi connectivity index (χ4v) is 3.40. The van der Waals surface area contributed by atoms with Gasteiger partial charge in [0.15, 0.2) is 5.82 Å². The molecule has 2 atom stereocenters. The van der Waals surface area contributed by atoms with Crippen LogP contribution in [0.25, 0.3) is 0 Å². The number of nitrogens with zero attached hydrogens (tertiary/aromatic N) is 2. The first-order chi connectivity index (χ1) is 10.4. The van der Waals surface area contributed by atoms with Crippen molar-refractivity contribution in [1.82, 2.24) is 10.1 Å². The van der Waals surface area contributed by atoms with Gasteiger partial charge in [-0.05, 0) is 37.0 Å². The molecule has 0 amide bonds. The van der Waals surface area contributed by atoms with Gasteiger partial charge in [0.25, 0.3) is 0 Å². The molecule has 0 spiro atoms. The molecule has 0 bridgehead atoms. The highest BCUT2D eigenvalue weighted by Gasteiger charge is 2.33. The van der Waals surface area contributed by atoms with E-state index in [1.165, 1.54) is 0 Å². The van der Waals surface area contributed by atoms with Gasteiger partial charge in [-0.2, -0.15) is 4.98 Å². The predicted molar refractivity (Wildman–Crippen MR) is 81.6 cm³/mol. The summed E-state index contributed by atoms with van der Waals surface area (Å²) in [6.07, 6.45) is 0.811. The van der Waals surface area contributed by atoms with Gasteiger partial charge in [0.1, 0.15) is 6.04 Å². The highest BCUT2D eigenvalue weighted by Crippen LogP contribution is 2.42. The highest BCUT2D eigenvalue weighted by atomic mass is 35.5. The largest absolute Gasteiger partial charge is 0.480 e. The van der Waals surface area contributed by atoms with Gasteiger partial charge in [0.2, 0.25) is 5.89 Å². The predicted octanol–water partition coefficient (Wildman–Crippen LogP) is 3.28. The number of benzene rings is 1. The number of anilines is 1. The number of carboxylic acid groups (broad SMARTS) is 1. The van der Waals surface area contributed by atoms with Crippen molar-refractivity contribution >= 4 is 34.9 Å². The molecule has 0 unspecified atom stereocenters. The zero-order valence-electron chi connectivity index (χ0n) is 11.6. The SMILES string of the molecule is Cc1noc(C[C@H]2C[C@H](C(=O)O)Nc3cc(Cl)cc(Cl)c32)n1. The number of hydrogen-bond donors (Lipinski definition) is 2. The minimum Gasteiger partial charge on any atom is -0.480 e. The molecule has 2 heterocycles. The summed E-state index contributed by atoms with van der Waals surface area (Å²) >= 11 is 12.3. The third kappa shape index (κ3) is 2.89.